The van der Waals surface area contributed by atoms with Gasteiger partial charge in [-0.1, -0.05) is 60.2 Å². The lowest BCUT2D eigenvalue weighted by Gasteiger charge is -2.33. The summed E-state index contributed by atoms with van der Waals surface area (Å²) in [4.78, 5) is 15.5. The normalized spacial score (nSPS) is 15.0. The van der Waals surface area contributed by atoms with E-state index in [1.807, 2.05) is 42.2 Å². The maximum absolute atomic E-state index is 13.5. The monoisotopic (exact) mass is 473 g/mol. The Labute approximate surface area is 208 Å². The summed E-state index contributed by atoms with van der Waals surface area (Å²) >= 11 is 0. The largest absolute Gasteiger partial charge is 0.507 e. The van der Waals surface area contributed by atoms with Crippen molar-refractivity contribution < 1.29 is 19.4 Å². The molecule has 1 atom stereocenters. The van der Waals surface area contributed by atoms with Crippen LogP contribution in [0.5, 0.6) is 17.2 Å². The van der Waals surface area contributed by atoms with E-state index in [9.17, 15) is 9.90 Å². The number of carbonyl (C=O) groups excluding carboxylic acids is 1. The first-order valence-electron chi connectivity index (χ1n) is 12.3. The lowest BCUT2D eigenvalue weighted by molar-refractivity contribution is -0.132. The number of aryl methyl sites for hydroxylation is 1. The Hall–Kier alpha value is -3.47. The highest BCUT2D eigenvalue weighted by Crippen LogP contribution is 2.43. The zero-order valence-electron chi connectivity index (χ0n) is 20.9. The predicted octanol–water partition coefficient (Wildman–Crippen LogP) is 5.72. The summed E-state index contributed by atoms with van der Waals surface area (Å²) in [7, 11) is 3.12. The molecule has 3 aromatic rings. The van der Waals surface area contributed by atoms with Crippen LogP contribution in [0.2, 0.25) is 0 Å². The molecule has 1 fully saturated rings. The van der Waals surface area contributed by atoms with Crippen LogP contribution in [-0.2, 0) is 11.2 Å². The number of carbonyl (C=O) groups is 1. The van der Waals surface area contributed by atoms with Crippen molar-refractivity contribution in [2.75, 3.05) is 27.3 Å². The minimum atomic E-state index is -0.328. The molecule has 3 aromatic carbocycles. The van der Waals surface area contributed by atoms with Gasteiger partial charge in [0.2, 0.25) is 5.91 Å². The van der Waals surface area contributed by atoms with Gasteiger partial charge < -0.3 is 19.5 Å². The zero-order valence-corrected chi connectivity index (χ0v) is 20.9. The Kier molecular flexibility index (Phi) is 7.96. The molecule has 0 aromatic heterocycles. The highest BCUT2D eigenvalue weighted by Gasteiger charge is 2.29. The summed E-state index contributed by atoms with van der Waals surface area (Å²) in [6.45, 7) is 3.57. The van der Waals surface area contributed by atoms with Crippen LogP contribution in [0, 0.1) is 12.8 Å². The van der Waals surface area contributed by atoms with E-state index >= 15 is 0 Å². The third-order valence-electron chi connectivity index (χ3n) is 7.09. The first-order valence-corrected chi connectivity index (χ1v) is 12.3. The van der Waals surface area contributed by atoms with E-state index in [1.54, 1.807) is 26.4 Å². The van der Waals surface area contributed by atoms with Crippen LogP contribution in [0.3, 0.4) is 0 Å². The van der Waals surface area contributed by atoms with Crippen LogP contribution >= 0.6 is 0 Å². The standard InChI is InChI=1S/C30H35NO4/c1-21-9-11-24(12-10-21)26(30-27(32)18-25(34-2)19-28(30)35-3)20-29(33)31-15-13-23(14-16-31)17-22-7-5-4-6-8-22/h4-12,18-19,23,26,32H,13-17,20H2,1-3H3. The van der Waals surface area contributed by atoms with E-state index in [2.05, 4.69) is 24.3 Å². The predicted molar refractivity (Wildman–Crippen MR) is 138 cm³/mol. The van der Waals surface area contributed by atoms with Crippen molar-refractivity contribution in [2.24, 2.45) is 5.92 Å². The van der Waals surface area contributed by atoms with Gasteiger partial charge in [-0.2, -0.15) is 0 Å². The number of rotatable bonds is 8. The number of phenolic OH excluding ortho intramolecular Hbond substituents is 1. The molecule has 184 valence electrons. The molecule has 1 unspecified atom stereocenters. The Bertz CT molecular complexity index is 1120. The number of phenols is 1. The molecule has 1 aliphatic heterocycles. The summed E-state index contributed by atoms with van der Waals surface area (Å²) in [5.74, 6) is 1.47. The highest BCUT2D eigenvalue weighted by molar-refractivity contribution is 5.78. The van der Waals surface area contributed by atoms with Gasteiger partial charge in [0.1, 0.15) is 17.2 Å². The van der Waals surface area contributed by atoms with Gasteiger partial charge in [0.25, 0.3) is 0 Å². The number of amides is 1. The van der Waals surface area contributed by atoms with Crippen LogP contribution < -0.4 is 9.47 Å². The average molecular weight is 474 g/mol. The Balaban J connectivity index is 1.52. The van der Waals surface area contributed by atoms with Crippen LogP contribution in [-0.4, -0.2) is 43.2 Å². The maximum atomic E-state index is 13.5. The van der Waals surface area contributed by atoms with Gasteiger partial charge in [0.05, 0.1) is 14.2 Å². The molecule has 0 saturated carbocycles. The van der Waals surface area contributed by atoms with E-state index in [4.69, 9.17) is 9.47 Å². The molecule has 0 aliphatic carbocycles. The second kappa shape index (κ2) is 11.3. The SMILES string of the molecule is COc1cc(O)c(C(CC(=O)N2CCC(Cc3ccccc3)CC2)c2ccc(C)cc2)c(OC)c1. The first-order chi connectivity index (χ1) is 17.0. The molecule has 0 radical (unpaired) electrons. The third kappa shape index (κ3) is 5.97. The second-order valence-corrected chi connectivity index (χ2v) is 9.44. The van der Waals surface area contributed by atoms with Gasteiger partial charge in [0.15, 0.2) is 0 Å². The van der Waals surface area contributed by atoms with E-state index in [1.165, 1.54) is 5.56 Å². The molecule has 5 nitrogen and oxygen atoms in total. The van der Waals surface area contributed by atoms with Crippen molar-refractivity contribution in [1.82, 2.24) is 4.90 Å². The van der Waals surface area contributed by atoms with Crippen molar-refractivity contribution in [3.63, 3.8) is 0 Å². The number of hydrogen-bond donors (Lipinski definition) is 1. The fourth-order valence-corrected chi connectivity index (χ4v) is 5.05. The topological polar surface area (TPSA) is 59.0 Å². The zero-order chi connectivity index (χ0) is 24.8. The Morgan fingerprint density at radius 3 is 2.31 bits per heavy atom. The molecule has 0 spiro atoms. The van der Waals surface area contributed by atoms with E-state index in [0.29, 0.717) is 23.0 Å². The molecule has 1 heterocycles. The summed E-state index contributed by atoms with van der Waals surface area (Å²) in [6.07, 6.45) is 3.34. The summed E-state index contributed by atoms with van der Waals surface area (Å²) in [5.41, 5.74) is 4.09. The molecule has 0 bridgehead atoms. The quantitative estimate of drug-likeness (QED) is 0.455. The number of nitrogens with zero attached hydrogens (tertiary/aromatic N) is 1. The molecule has 1 saturated heterocycles. The van der Waals surface area contributed by atoms with Gasteiger partial charge in [-0.25, -0.2) is 0 Å². The van der Waals surface area contributed by atoms with Gasteiger partial charge in [-0.15, -0.1) is 0 Å². The molecule has 4 rings (SSSR count). The van der Waals surface area contributed by atoms with Crippen molar-refractivity contribution in [3.05, 3.63) is 89.0 Å². The van der Waals surface area contributed by atoms with Crippen LogP contribution in [0.1, 0.15) is 47.4 Å². The molecule has 1 amide bonds. The number of likely N-dealkylation sites (tertiary alicyclic amines) is 1. The minimum absolute atomic E-state index is 0.0705. The van der Waals surface area contributed by atoms with E-state index in [0.717, 1.165) is 43.5 Å². The number of hydrogen-bond acceptors (Lipinski definition) is 4. The summed E-state index contributed by atoms with van der Waals surface area (Å²) in [5, 5.41) is 10.9. The third-order valence-corrected chi connectivity index (χ3v) is 7.09. The second-order valence-electron chi connectivity index (χ2n) is 9.44. The Morgan fingerprint density at radius 2 is 1.69 bits per heavy atom. The van der Waals surface area contributed by atoms with Crippen LogP contribution in [0.4, 0.5) is 0 Å². The molecule has 1 N–H and O–H groups in total. The van der Waals surface area contributed by atoms with Crippen molar-refractivity contribution in [2.45, 2.75) is 38.5 Å². The van der Waals surface area contributed by atoms with Crippen LogP contribution in [0.15, 0.2) is 66.7 Å². The number of benzene rings is 3. The lowest BCUT2D eigenvalue weighted by Crippen LogP contribution is -2.39. The van der Waals surface area contributed by atoms with Gasteiger partial charge in [-0.05, 0) is 43.2 Å². The summed E-state index contributed by atoms with van der Waals surface area (Å²) in [6, 6.07) is 22.1. The fraction of sp³-hybridized carbons (Fsp3) is 0.367. The number of methoxy groups -OCH3 is 2. The van der Waals surface area contributed by atoms with Crippen LogP contribution in [0.25, 0.3) is 0 Å². The van der Waals surface area contributed by atoms with Crippen molar-refractivity contribution >= 4 is 5.91 Å². The minimum Gasteiger partial charge on any atom is -0.507 e. The summed E-state index contributed by atoms with van der Waals surface area (Å²) < 4.78 is 10.9. The number of aromatic hydroxyl groups is 1. The fourth-order valence-electron chi connectivity index (χ4n) is 5.05. The van der Waals surface area contributed by atoms with Gasteiger partial charge >= 0.3 is 0 Å². The van der Waals surface area contributed by atoms with E-state index in [-0.39, 0.29) is 24.0 Å². The molecule has 5 heteroatoms. The highest BCUT2D eigenvalue weighted by atomic mass is 16.5. The lowest BCUT2D eigenvalue weighted by atomic mass is 9.85. The average Bonchev–Trinajstić information content (AvgIpc) is 2.88. The molecule has 1 aliphatic rings. The molecular weight excluding hydrogens is 438 g/mol. The van der Waals surface area contributed by atoms with E-state index < -0.39 is 0 Å². The van der Waals surface area contributed by atoms with Crippen molar-refractivity contribution in [3.8, 4) is 17.2 Å². The number of ether oxygens (including phenoxy) is 2. The first kappa shape index (κ1) is 24.6. The van der Waals surface area contributed by atoms with Gasteiger partial charge in [0, 0.05) is 43.1 Å². The molecular formula is C30H35NO4. The molecule has 35 heavy (non-hydrogen) atoms. The number of piperidine rings is 1. The van der Waals surface area contributed by atoms with Gasteiger partial charge in [-0.3, -0.25) is 4.79 Å². The smallest absolute Gasteiger partial charge is 0.223 e. The Morgan fingerprint density at radius 1 is 1.00 bits per heavy atom. The maximum Gasteiger partial charge on any atom is 0.223 e. The van der Waals surface area contributed by atoms with Crippen molar-refractivity contribution in [1.29, 1.82) is 0 Å².